The Morgan fingerprint density at radius 1 is 1.06 bits per heavy atom. The molecule has 1 unspecified atom stereocenters. The Morgan fingerprint density at radius 3 is 2.42 bits per heavy atom. The predicted octanol–water partition coefficient (Wildman–Crippen LogP) is 3.89. The van der Waals surface area contributed by atoms with Crippen molar-refractivity contribution in [2.75, 3.05) is 26.2 Å². The zero-order chi connectivity index (χ0) is 25.6. The number of benzene rings is 1. The van der Waals surface area contributed by atoms with Crippen LogP contribution in [0.5, 0.6) is 0 Å². The summed E-state index contributed by atoms with van der Waals surface area (Å²) in [4.78, 5) is 29.3. The molecule has 2 aliphatic heterocycles. The van der Waals surface area contributed by atoms with Gasteiger partial charge in [-0.2, -0.15) is 18.3 Å². The van der Waals surface area contributed by atoms with Gasteiger partial charge in [-0.15, -0.1) is 0 Å². The maximum absolute atomic E-state index is 13.7. The van der Waals surface area contributed by atoms with Crippen LogP contribution in [0.1, 0.15) is 72.3 Å². The molecule has 2 amide bonds. The summed E-state index contributed by atoms with van der Waals surface area (Å²) < 4.78 is 41.5. The molecule has 3 heterocycles. The van der Waals surface area contributed by atoms with Crippen LogP contribution < -0.4 is 5.32 Å². The molecule has 36 heavy (non-hydrogen) atoms. The molecule has 3 aliphatic rings. The third-order valence-corrected chi connectivity index (χ3v) is 7.59. The molecule has 194 valence electrons. The second-order valence-corrected chi connectivity index (χ2v) is 10.3. The van der Waals surface area contributed by atoms with Crippen molar-refractivity contribution in [1.29, 1.82) is 0 Å². The highest BCUT2D eigenvalue weighted by molar-refractivity contribution is 5.97. The van der Waals surface area contributed by atoms with Gasteiger partial charge < -0.3 is 10.2 Å². The summed E-state index contributed by atoms with van der Waals surface area (Å²) in [6.45, 7) is 6.35. The number of halogens is 3. The van der Waals surface area contributed by atoms with Gasteiger partial charge in [-0.05, 0) is 57.2 Å². The van der Waals surface area contributed by atoms with Gasteiger partial charge in [0.15, 0.2) is 0 Å². The van der Waals surface area contributed by atoms with Gasteiger partial charge in [-0.3, -0.25) is 14.5 Å². The lowest BCUT2D eigenvalue weighted by Gasteiger charge is -2.37. The SMILES string of the molecule is CC(=O)NC1CCN(C2CCN(C(=O)c3c(C)nn(-c4cccc(C(F)(F)F)c4)c3C3CC3)CC2)C1. The summed E-state index contributed by atoms with van der Waals surface area (Å²) in [6.07, 6.45) is 0.0137. The highest BCUT2D eigenvalue weighted by Crippen LogP contribution is 2.44. The Kier molecular flexibility index (Phi) is 6.57. The molecule has 0 radical (unpaired) electrons. The minimum Gasteiger partial charge on any atom is -0.352 e. The van der Waals surface area contributed by atoms with Crippen LogP contribution in [-0.2, 0) is 11.0 Å². The Labute approximate surface area is 208 Å². The molecular formula is C26H32F3N5O2. The van der Waals surface area contributed by atoms with Crippen LogP contribution in [0.15, 0.2) is 24.3 Å². The van der Waals surface area contributed by atoms with Gasteiger partial charge in [-0.1, -0.05) is 6.07 Å². The van der Waals surface area contributed by atoms with E-state index in [9.17, 15) is 22.8 Å². The van der Waals surface area contributed by atoms with Crippen molar-refractivity contribution in [3.8, 4) is 5.69 Å². The third-order valence-electron chi connectivity index (χ3n) is 7.59. The number of carbonyl (C=O) groups is 2. The Morgan fingerprint density at radius 2 is 1.78 bits per heavy atom. The molecule has 5 rings (SSSR count). The highest BCUT2D eigenvalue weighted by Gasteiger charge is 2.38. The van der Waals surface area contributed by atoms with Crippen molar-refractivity contribution < 1.29 is 22.8 Å². The summed E-state index contributed by atoms with van der Waals surface area (Å²) in [5.74, 6) is 0.0472. The monoisotopic (exact) mass is 503 g/mol. The predicted molar refractivity (Wildman–Crippen MR) is 128 cm³/mol. The molecule has 1 N–H and O–H groups in total. The lowest BCUT2D eigenvalue weighted by molar-refractivity contribution is -0.137. The molecular weight excluding hydrogens is 471 g/mol. The van der Waals surface area contributed by atoms with Crippen molar-refractivity contribution >= 4 is 11.8 Å². The van der Waals surface area contributed by atoms with Gasteiger partial charge >= 0.3 is 6.18 Å². The first-order chi connectivity index (χ1) is 17.1. The van der Waals surface area contributed by atoms with E-state index in [1.54, 1.807) is 24.6 Å². The molecule has 10 heteroatoms. The van der Waals surface area contributed by atoms with Gasteiger partial charge in [0.05, 0.1) is 28.2 Å². The number of amides is 2. The van der Waals surface area contributed by atoms with Gasteiger partial charge in [0.1, 0.15) is 0 Å². The molecule has 7 nitrogen and oxygen atoms in total. The lowest BCUT2D eigenvalue weighted by Crippen LogP contribution is -2.47. The van der Waals surface area contributed by atoms with Crippen LogP contribution in [0.3, 0.4) is 0 Å². The average Bonchev–Trinajstić information content (AvgIpc) is 3.47. The summed E-state index contributed by atoms with van der Waals surface area (Å²) >= 11 is 0. The van der Waals surface area contributed by atoms with E-state index in [4.69, 9.17) is 0 Å². The van der Waals surface area contributed by atoms with Crippen LogP contribution in [-0.4, -0.2) is 69.7 Å². The van der Waals surface area contributed by atoms with E-state index < -0.39 is 11.7 Å². The highest BCUT2D eigenvalue weighted by atomic mass is 19.4. The van der Waals surface area contributed by atoms with Crippen molar-refractivity contribution in [3.63, 3.8) is 0 Å². The number of nitrogens with zero attached hydrogens (tertiary/aromatic N) is 4. The fraction of sp³-hybridized carbons (Fsp3) is 0.577. The smallest absolute Gasteiger partial charge is 0.352 e. The largest absolute Gasteiger partial charge is 0.416 e. The Hall–Kier alpha value is -2.88. The second kappa shape index (κ2) is 9.53. The lowest BCUT2D eigenvalue weighted by atomic mass is 10.0. The standard InChI is InChI=1S/C26H32F3N5O2/c1-16-23(24(18-6-7-18)34(31-16)22-5-3-4-19(14-22)26(27,28)29)25(36)32-12-9-21(10-13-32)33-11-8-20(15-33)30-17(2)35/h3-5,14,18,20-21H,6-13,15H2,1-2H3,(H,30,35). The van der Waals surface area contributed by atoms with Gasteiger partial charge in [0, 0.05) is 51.1 Å². The van der Waals surface area contributed by atoms with E-state index in [0.29, 0.717) is 36.1 Å². The molecule has 1 aromatic heterocycles. The first kappa shape index (κ1) is 24.8. The zero-order valence-electron chi connectivity index (χ0n) is 20.6. The zero-order valence-corrected chi connectivity index (χ0v) is 20.6. The Balaban J connectivity index is 1.32. The number of likely N-dealkylation sites (tertiary alicyclic amines) is 2. The summed E-state index contributed by atoms with van der Waals surface area (Å²) in [5, 5.41) is 7.55. The number of rotatable bonds is 5. The number of alkyl halides is 3. The molecule has 2 aromatic rings. The average molecular weight is 504 g/mol. The summed E-state index contributed by atoms with van der Waals surface area (Å²) in [5.41, 5.74) is 1.43. The van der Waals surface area contributed by atoms with E-state index in [0.717, 1.165) is 63.0 Å². The number of hydrogen-bond donors (Lipinski definition) is 1. The number of aryl methyl sites for hydroxylation is 1. The molecule has 1 aromatic carbocycles. The summed E-state index contributed by atoms with van der Waals surface area (Å²) in [7, 11) is 0. The van der Waals surface area contributed by atoms with Crippen molar-refractivity contribution in [3.05, 3.63) is 46.8 Å². The van der Waals surface area contributed by atoms with Gasteiger partial charge in [-0.25, -0.2) is 4.68 Å². The topological polar surface area (TPSA) is 70.5 Å². The van der Waals surface area contributed by atoms with E-state index in [-0.39, 0.29) is 23.8 Å². The fourth-order valence-electron chi connectivity index (χ4n) is 5.67. The molecule has 0 bridgehead atoms. The van der Waals surface area contributed by atoms with Crippen LogP contribution in [0.4, 0.5) is 13.2 Å². The summed E-state index contributed by atoms with van der Waals surface area (Å²) in [6, 6.07) is 5.70. The molecule has 2 saturated heterocycles. The fourth-order valence-corrected chi connectivity index (χ4v) is 5.67. The molecule has 3 fully saturated rings. The van der Waals surface area contributed by atoms with E-state index in [2.05, 4.69) is 15.3 Å². The minimum atomic E-state index is -4.45. The molecule has 0 spiro atoms. The van der Waals surface area contributed by atoms with Gasteiger partial charge in [0.25, 0.3) is 5.91 Å². The maximum Gasteiger partial charge on any atom is 0.416 e. The minimum absolute atomic E-state index is 0.00483. The maximum atomic E-state index is 13.7. The van der Waals surface area contributed by atoms with E-state index in [1.165, 1.54) is 6.07 Å². The van der Waals surface area contributed by atoms with Crippen molar-refractivity contribution in [2.24, 2.45) is 0 Å². The van der Waals surface area contributed by atoms with Crippen LogP contribution in [0, 0.1) is 6.92 Å². The number of nitrogens with one attached hydrogen (secondary N) is 1. The number of hydrogen-bond acceptors (Lipinski definition) is 4. The van der Waals surface area contributed by atoms with E-state index in [1.807, 2.05) is 4.90 Å². The van der Waals surface area contributed by atoms with Crippen LogP contribution >= 0.6 is 0 Å². The molecule has 1 atom stereocenters. The number of piperidine rings is 1. The van der Waals surface area contributed by atoms with Crippen LogP contribution in [0.25, 0.3) is 5.69 Å². The van der Waals surface area contributed by atoms with Gasteiger partial charge in [0.2, 0.25) is 5.91 Å². The van der Waals surface area contributed by atoms with Crippen LogP contribution in [0.2, 0.25) is 0 Å². The van der Waals surface area contributed by atoms with Crippen molar-refractivity contribution in [2.45, 2.75) is 70.1 Å². The molecule has 1 saturated carbocycles. The normalized spacial score (nSPS) is 21.7. The Bertz CT molecular complexity index is 1150. The second-order valence-electron chi connectivity index (χ2n) is 10.3. The van der Waals surface area contributed by atoms with E-state index >= 15 is 0 Å². The third kappa shape index (κ3) is 5.00. The first-order valence-corrected chi connectivity index (χ1v) is 12.7. The number of aromatic nitrogens is 2. The molecule has 1 aliphatic carbocycles. The quantitative estimate of drug-likeness (QED) is 0.672. The van der Waals surface area contributed by atoms with Crippen molar-refractivity contribution in [1.82, 2.24) is 24.9 Å². The number of carbonyl (C=O) groups excluding carboxylic acids is 2. The first-order valence-electron chi connectivity index (χ1n) is 12.7.